The summed E-state index contributed by atoms with van der Waals surface area (Å²) >= 11 is 0. The van der Waals surface area contributed by atoms with E-state index >= 15 is 4.57 Å². The first-order chi connectivity index (χ1) is 15.2. The van der Waals surface area contributed by atoms with Crippen molar-refractivity contribution < 1.29 is 13.7 Å². The maximum absolute atomic E-state index is 15.5. The molecule has 3 aromatic rings. The minimum absolute atomic E-state index is 0.0257. The van der Waals surface area contributed by atoms with Crippen molar-refractivity contribution in [3.05, 3.63) is 96.6 Å². The molecule has 4 atom stereocenters. The van der Waals surface area contributed by atoms with Gasteiger partial charge in [-0.05, 0) is 32.5 Å². The maximum Gasteiger partial charge on any atom is 0.196 e. The van der Waals surface area contributed by atoms with Crippen molar-refractivity contribution in [2.45, 2.75) is 51.0 Å². The van der Waals surface area contributed by atoms with E-state index in [1.807, 2.05) is 78.9 Å². The second kappa shape index (κ2) is 8.76. The van der Waals surface area contributed by atoms with Gasteiger partial charge in [0.25, 0.3) is 0 Å². The number of hydrogen-bond acceptors (Lipinski definition) is 3. The Hall–Kier alpha value is -1.97. The van der Waals surface area contributed by atoms with E-state index < -0.39 is 21.2 Å². The summed E-state index contributed by atoms with van der Waals surface area (Å²) in [4.78, 5) is 0. The highest BCUT2D eigenvalue weighted by Crippen LogP contribution is 2.63. The SMILES string of the molecule is C[C@H]1[C@H](C)O[C@](O[Si](C)(C)C)(c2ccccc2)[C@H]1P(=O)(c1ccccc1)c1ccccc1. The Morgan fingerprint density at radius 2 is 1.22 bits per heavy atom. The van der Waals surface area contributed by atoms with Gasteiger partial charge in [-0.1, -0.05) is 97.9 Å². The lowest BCUT2D eigenvalue weighted by Crippen LogP contribution is -2.50. The highest BCUT2D eigenvalue weighted by Gasteiger charge is 2.62. The van der Waals surface area contributed by atoms with Crippen molar-refractivity contribution in [3.63, 3.8) is 0 Å². The van der Waals surface area contributed by atoms with Crippen LogP contribution in [-0.2, 0) is 19.5 Å². The van der Waals surface area contributed by atoms with Crippen molar-refractivity contribution in [3.8, 4) is 0 Å². The molecule has 0 N–H and O–H groups in total. The van der Waals surface area contributed by atoms with Gasteiger partial charge in [-0.3, -0.25) is 0 Å². The van der Waals surface area contributed by atoms with E-state index in [0.717, 1.165) is 16.2 Å². The van der Waals surface area contributed by atoms with E-state index in [1.165, 1.54) is 0 Å². The second-order valence-electron chi connectivity index (χ2n) is 9.70. The van der Waals surface area contributed by atoms with E-state index in [0.29, 0.717) is 0 Å². The van der Waals surface area contributed by atoms with E-state index in [2.05, 4.69) is 45.6 Å². The molecule has 0 spiro atoms. The fraction of sp³-hybridized carbons (Fsp3) is 0.333. The molecule has 0 amide bonds. The molecule has 32 heavy (non-hydrogen) atoms. The average molecular weight is 465 g/mol. The molecule has 1 aliphatic rings. The minimum Gasteiger partial charge on any atom is -0.387 e. The summed E-state index contributed by atoms with van der Waals surface area (Å²) in [5.74, 6) is -1.05. The Labute approximate surface area is 193 Å². The van der Waals surface area contributed by atoms with Crippen LogP contribution in [0.2, 0.25) is 19.6 Å². The third-order valence-corrected chi connectivity index (χ3v) is 10.9. The number of benzene rings is 3. The summed E-state index contributed by atoms with van der Waals surface area (Å²) in [7, 11) is -5.27. The van der Waals surface area contributed by atoms with Gasteiger partial charge < -0.3 is 13.7 Å². The Morgan fingerprint density at radius 3 is 1.66 bits per heavy atom. The molecule has 1 heterocycles. The van der Waals surface area contributed by atoms with Gasteiger partial charge in [-0.15, -0.1) is 0 Å². The van der Waals surface area contributed by atoms with Crippen LogP contribution in [0.15, 0.2) is 91.0 Å². The molecule has 0 aliphatic carbocycles. The van der Waals surface area contributed by atoms with E-state index in [4.69, 9.17) is 9.16 Å². The lowest BCUT2D eigenvalue weighted by molar-refractivity contribution is -0.181. The van der Waals surface area contributed by atoms with Crippen molar-refractivity contribution in [1.29, 1.82) is 0 Å². The first kappa shape index (κ1) is 23.2. The topological polar surface area (TPSA) is 35.5 Å². The van der Waals surface area contributed by atoms with Crippen molar-refractivity contribution >= 4 is 26.1 Å². The van der Waals surface area contributed by atoms with Crippen LogP contribution in [0, 0.1) is 5.92 Å². The van der Waals surface area contributed by atoms with Crippen molar-refractivity contribution in [2.24, 2.45) is 5.92 Å². The molecule has 5 heteroatoms. The molecule has 1 saturated heterocycles. The highest BCUT2D eigenvalue weighted by atomic mass is 31.2. The van der Waals surface area contributed by atoms with E-state index in [9.17, 15) is 0 Å². The predicted octanol–water partition coefficient (Wildman–Crippen LogP) is 6.13. The van der Waals surface area contributed by atoms with Crippen LogP contribution < -0.4 is 10.6 Å². The van der Waals surface area contributed by atoms with Crippen LogP contribution in [0.1, 0.15) is 19.4 Å². The molecule has 1 aliphatic heterocycles. The molecule has 4 rings (SSSR count). The lowest BCUT2D eigenvalue weighted by atomic mass is 9.95. The third-order valence-electron chi connectivity index (χ3n) is 6.29. The fourth-order valence-corrected chi connectivity index (χ4v) is 10.0. The van der Waals surface area contributed by atoms with Crippen LogP contribution >= 0.6 is 7.14 Å². The molecule has 0 aromatic heterocycles. The number of hydrogen-bond donors (Lipinski definition) is 0. The lowest BCUT2D eigenvalue weighted by Gasteiger charge is -2.43. The molecule has 1 fully saturated rings. The average Bonchev–Trinajstić information content (AvgIpc) is 3.04. The van der Waals surface area contributed by atoms with Crippen LogP contribution in [0.4, 0.5) is 0 Å². The van der Waals surface area contributed by atoms with Gasteiger partial charge in [0.05, 0.1) is 11.8 Å². The Bertz CT molecular complexity index is 1040. The molecule has 3 nitrogen and oxygen atoms in total. The standard InChI is InChI=1S/C27H33O3PSi/c1-21-22(2)29-27(30-32(3,4)5,23-15-9-6-10-16-23)26(21)31(28,24-17-11-7-12-18-24)25-19-13-8-14-20-25/h6-22,26H,1-5H3/t21-,22-,26-,27-/m0/s1. The van der Waals surface area contributed by atoms with Gasteiger partial charge in [-0.2, -0.15) is 0 Å². The summed E-state index contributed by atoms with van der Waals surface area (Å²) in [6.07, 6.45) is -0.0997. The number of rotatable bonds is 6. The summed E-state index contributed by atoms with van der Waals surface area (Å²) in [5.41, 5.74) is 0.583. The van der Waals surface area contributed by atoms with E-state index in [1.54, 1.807) is 0 Å². The van der Waals surface area contributed by atoms with Crippen molar-refractivity contribution in [2.75, 3.05) is 0 Å². The number of ether oxygens (including phenoxy) is 1. The Kier molecular flexibility index (Phi) is 6.35. The largest absolute Gasteiger partial charge is 0.387 e. The summed E-state index contributed by atoms with van der Waals surface area (Å²) in [6.45, 7) is 10.7. The quantitative estimate of drug-likeness (QED) is 0.325. The maximum atomic E-state index is 15.5. The molecule has 0 saturated carbocycles. The van der Waals surface area contributed by atoms with Gasteiger partial charge in [0.1, 0.15) is 0 Å². The van der Waals surface area contributed by atoms with Crippen LogP contribution in [0.3, 0.4) is 0 Å². The second-order valence-corrected chi connectivity index (χ2v) is 17.0. The first-order valence-corrected chi connectivity index (χ1v) is 16.5. The van der Waals surface area contributed by atoms with Crippen LogP contribution in [-0.4, -0.2) is 20.1 Å². The summed E-state index contributed by atoms with van der Waals surface area (Å²) in [5, 5.41) is 1.69. The summed E-state index contributed by atoms with van der Waals surface area (Å²) < 4.78 is 29.2. The molecule has 0 bridgehead atoms. The predicted molar refractivity (Wildman–Crippen MR) is 136 cm³/mol. The molecule has 3 aromatic carbocycles. The monoisotopic (exact) mass is 464 g/mol. The molecule has 0 radical (unpaired) electrons. The van der Waals surface area contributed by atoms with Crippen molar-refractivity contribution in [1.82, 2.24) is 0 Å². The van der Waals surface area contributed by atoms with Gasteiger partial charge in [0.2, 0.25) is 0 Å². The van der Waals surface area contributed by atoms with Gasteiger partial charge in [0.15, 0.2) is 21.2 Å². The van der Waals surface area contributed by atoms with Crippen LogP contribution in [0.5, 0.6) is 0 Å². The minimum atomic E-state index is -3.17. The van der Waals surface area contributed by atoms with Gasteiger partial charge in [0, 0.05) is 16.2 Å². The third kappa shape index (κ3) is 4.06. The smallest absolute Gasteiger partial charge is 0.196 e. The fourth-order valence-electron chi connectivity index (χ4n) is 4.90. The molecule has 168 valence electrons. The zero-order chi connectivity index (χ0) is 23.0. The molecule has 0 unspecified atom stereocenters. The Balaban J connectivity index is 2.04. The Morgan fingerprint density at radius 1 is 0.781 bits per heavy atom. The van der Waals surface area contributed by atoms with Gasteiger partial charge >= 0.3 is 0 Å². The highest BCUT2D eigenvalue weighted by molar-refractivity contribution is 7.79. The van der Waals surface area contributed by atoms with Crippen LogP contribution in [0.25, 0.3) is 0 Å². The zero-order valence-corrected chi connectivity index (χ0v) is 21.5. The first-order valence-electron chi connectivity index (χ1n) is 11.3. The summed E-state index contributed by atoms with van der Waals surface area (Å²) in [6, 6.07) is 29.9. The zero-order valence-electron chi connectivity index (χ0n) is 19.6. The van der Waals surface area contributed by atoms with Gasteiger partial charge in [-0.25, -0.2) is 0 Å². The molecular formula is C27H33O3PSi. The normalized spacial score (nSPS) is 26.2. The molecular weight excluding hydrogens is 431 g/mol. The van der Waals surface area contributed by atoms with E-state index in [-0.39, 0.29) is 17.7 Å².